The van der Waals surface area contributed by atoms with Crippen molar-refractivity contribution in [3.05, 3.63) is 46.0 Å². The van der Waals surface area contributed by atoms with E-state index >= 15 is 0 Å². The molecule has 1 N–H and O–H groups in total. The van der Waals surface area contributed by atoms with Crippen LogP contribution >= 0.6 is 15.9 Å². The highest BCUT2D eigenvalue weighted by Gasteiger charge is 2.17. The number of carbonyl (C=O) groups is 1. The third-order valence-corrected chi connectivity index (χ3v) is 3.36. The summed E-state index contributed by atoms with van der Waals surface area (Å²) >= 11 is 3.45. The molecule has 0 spiro atoms. The topological polar surface area (TPSA) is 37.3 Å². The van der Waals surface area contributed by atoms with Gasteiger partial charge in [0, 0.05) is 4.47 Å². The van der Waals surface area contributed by atoms with Crippen LogP contribution in [0, 0.1) is 5.92 Å². The van der Waals surface area contributed by atoms with Gasteiger partial charge in [0.05, 0.1) is 5.92 Å². The van der Waals surface area contributed by atoms with E-state index in [1.54, 1.807) is 0 Å². The zero-order valence-corrected chi connectivity index (χ0v) is 11.7. The number of carboxylic acid groups (broad SMARTS) is 1. The van der Waals surface area contributed by atoms with Gasteiger partial charge in [0.2, 0.25) is 0 Å². The molecule has 0 fully saturated rings. The SMILES string of the molecule is CC(C)=CCC(Cc1ccccc1Br)C(=O)O. The predicted octanol–water partition coefficient (Wildman–Crippen LogP) is 4.05. The Hall–Kier alpha value is -1.09. The summed E-state index contributed by atoms with van der Waals surface area (Å²) in [6.07, 6.45) is 3.12. The molecule has 1 aromatic carbocycles. The van der Waals surface area contributed by atoms with Gasteiger partial charge in [0.15, 0.2) is 0 Å². The number of hydrogen-bond donors (Lipinski definition) is 1. The smallest absolute Gasteiger partial charge is 0.307 e. The van der Waals surface area contributed by atoms with E-state index in [1.165, 1.54) is 0 Å². The minimum atomic E-state index is -0.738. The molecule has 0 radical (unpaired) electrons. The Bertz CT molecular complexity index is 420. The fourth-order valence-electron chi connectivity index (χ4n) is 1.58. The number of rotatable bonds is 5. The highest BCUT2D eigenvalue weighted by Crippen LogP contribution is 2.21. The fourth-order valence-corrected chi connectivity index (χ4v) is 2.03. The summed E-state index contributed by atoms with van der Waals surface area (Å²) in [5.41, 5.74) is 2.20. The van der Waals surface area contributed by atoms with E-state index in [2.05, 4.69) is 15.9 Å². The van der Waals surface area contributed by atoms with Gasteiger partial charge in [-0.25, -0.2) is 0 Å². The summed E-state index contributed by atoms with van der Waals surface area (Å²) in [5.74, 6) is -1.10. The number of carboxylic acids is 1. The fraction of sp³-hybridized carbons (Fsp3) is 0.357. The van der Waals surface area contributed by atoms with Crippen LogP contribution in [0.15, 0.2) is 40.4 Å². The van der Waals surface area contributed by atoms with Crippen molar-refractivity contribution in [3.63, 3.8) is 0 Å². The van der Waals surface area contributed by atoms with Gasteiger partial charge in [-0.3, -0.25) is 4.79 Å². The number of allylic oxidation sites excluding steroid dienone is 2. The van der Waals surface area contributed by atoms with Crippen LogP contribution in [0.5, 0.6) is 0 Å². The van der Waals surface area contributed by atoms with E-state index < -0.39 is 5.97 Å². The lowest BCUT2D eigenvalue weighted by Gasteiger charge is -2.11. The average Bonchev–Trinajstić information content (AvgIpc) is 2.25. The van der Waals surface area contributed by atoms with E-state index in [9.17, 15) is 9.90 Å². The first-order valence-corrected chi connectivity index (χ1v) is 6.39. The summed E-state index contributed by atoms with van der Waals surface area (Å²) in [5, 5.41) is 9.19. The van der Waals surface area contributed by atoms with Gasteiger partial charge in [-0.15, -0.1) is 0 Å². The number of hydrogen-bond acceptors (Lipinski definition) is 1. The Kier molecular flexibility index (Phi) is 5.42. The highest BCUT2D eigenvalue weighted by molar-refractivity contribution is 9.10. The van der Waals surface area contributed by atoms with Crippen LogP contribution in [0.1, 0.15) is 25.8 Å². The first-order valence-electron chi connectivity index (χ1n) is 5.60. The molecular weight excluding hydrogens is 280 g/mol. The molecule has 0 aromatic heterocycles. The van der Waals surface area contributed by atoms with Gasteiger partial charge < -0.3 is 5.11 Å². The molecule has 0 amide bonds. The molecule has 92 valence electrons. The van der Waals surface area contributed by atoms with E-state index in [1.807, 2.05) is 44.2 Å². The molecule has 1 atom stereocenters. The van der Waals surface area contributed by atoms with Crippen LogP contribution in [0.2, 0.25) is 0 Å². The molecule has 0 aliphatic rings. The molecule has 0 aliphatic carbocycles. The second kappa shape index (κ2) is 6.60. The van der Waals surface area contributed by atoms with Gasteiger partial charge >= 0.3 is 5.97 Å². The van der Waals surface area contributed by atoms with Crippen LogP contribution in [0.25, 0.3) is 0 Å². The standard InChI is InChI=1S/C14H17BrO2/c1-10(2)7-8-12(14(16)17)9-11-5-3-4-6-13(11)15/h3-7,12H,8-9H2,1-2H3,(H,16,17). The Morgan fingerprint density at radius 2 is 2.06 bits per heavy atom. The first-order chi connectivity index (χ1) is 8.00. The highest BCUT2D eigenvalue weighted by atomic mass is 79.9. The molecular formula is C14H17BrO2. The second-order valence-electron chi connectivity index (χ2n) is 4.35. The van der Waals surface area contributed by atoms with Gasteiger partial charge in [-0.2, -0.15) is 0 Å². The van der Waals surface area contributed by atoms with Crippen LogP contribution in [0.3, 0.4) is 0 Å². The largest absolute Gasteiger partial charge is 0.481 e. The lowest BCUT2D eigenvalue weighted by molar-refractivity contribution is -0.141. The summed E-state index contributed by atoms with van der Waals surface area (Å²) in [6, 6.07) is 7.76. The summed E-state index contributed by atoms with van der Waals surface area (Å²) in [7, 11) is 0. The minimum absolute atomic E-state index is 0.358. The van der Waals surface area contributed by atoms with Gasteiger partial charge in [-0.05, 0) is 38.3 Å². The minimum Gasteiger partial charge on any atom is -0.481 e. The maximum absolute atomic E-state index is 11.2. The van der Waals surface area contributed by atoms with Gasteiger partial charge in [0.25, 0.3) is 0 Å². The molecule has 1 rings (SSSR count). The Morgan fingerprint density at radius 3 is 2.59 bits per heavy atom. The lowest BCUT2D eigenvalue weighted by atomic mass is 9.95. The predicted molar refractivity (Wildman–Crippen MR) is 73.0 cm³/mol. The zero-order chi connectivity index (χ0) is 12.8. The molecule has 1 unspecified atom stereocenters. The zero-order valence-electron chi connectivity index (χ0n) is 10.1. The van der Waals surface area contributed by atoms with Crippen molar-refractivity contribution in [2.45, 2.75) is 26.7 Å². The quantitative estimate of drug-likeness (QED) is 0.833. The van der Waals surface area contributed by atoms with Crippen molar-refractivity contribution in [1.82, 2.24) is 0 Å². The van der Waals surface area contributed by atoms with Gasteiger partial charge in [-0.1, -0.05) is 45.8 Å². The van der Waals surface area contributed by atoms with Crippen molar-refractivity contribution in [2.24, 2.45) is 5.92 Å². The van der Waals surface area contributed by atoms with E-state index in [-0.39, 0.29) is 5.92 Å². The molecule has 0 bridgehead atoms. The maximum atomic E-state index is 11.2. The van der Waals surface area contributed by atoms with Crippen molar-refractivity contribution in [1.29, 1.82) is 0 Å². The molecule has 0 saturated carbocycles. The van der Waals surface area contributed by atoms with Crippen molar-refractivity contribution in [2.75, 3.05) is 0 Å². The molecule has 0 saturated heterocycles. The summed E-state index contributed by atoms with van der Waals surface area (Å²) in [6.45, 7) is 3.97. The molecule has 0 heterocycles. The Morgan fingerprint density at radius 1 is 1.41 bits per heavy atom. The van der Waals surface area contributed by atoms with E-state index in [4.69, 9.17) is 0 Å². The maximum Gasteiger partial charge on any atom is 0.307 e. The average molecular weight is 297 g/mol. The van der Waals surface area contributed by atoms with Crippen LogP contribution in [-0.2, 0) is 11.2 Å². The van der Waals surface area contributed by atoms with Gasteiger partial charge in [0.1, 0.15) is 0 Å². The van der Waals surface area contributed by atoms with Crippen LogP contribution in [-0.4, -0.2) is 11.1 Å². The number of aliphatic carboxylic acids is 1. The van der Waals surface area contributed by atoms with E-state index in [0.717, 1.165) is 15.6 Å². The molecule has 0 aliphatic heterocycles. The van der Waals surface area contributed by atoms with E-state index in [0.29, 0.717) is 12.8 Å². The summed E-state index contributed by atoms with van der Waals surface area (Å²) < 4.78 is 0.975. The number of halogens is 1. The normalized spacial score (nSPS) is 11.9. The Balaban J connectivity index is 2.77. The lowest BCUT2D eigenvalue weighted by Crippen LogP contribution is -2.16. The molecule has 1 aromatic rings. The monoisotopic (exact) mass is 296 g/mol. The second-order valence-corrected chi connectivity index (χ2v) is 5.20. The molecule has 17 heavy (non-hydrogen) atoms. The third-order valence-electron chi connectivity index (χ3n) is 2.58. The molecule has 2 nitrogen and oxygen atoms in total. The van der Waals surface area contributed by atoms with Crippen molar-refractivity contribution >= 4 is 21.9 Å². The Labute approximate surface area is 110 Å². The van der Waals surface area contributed by atoms with Crippen LogP contribution < -0.4 is 0 Å². The third kappa shape index (κ3) is 4.73. The first kappa shape index (κ1) is 14.0. The van der Waals surface area contributed by atoms with Crippen LogP contribution in [0.4, 0.5) is 0 Å². The summed E-state index contributed by atoms with van der Waals surface area (Å²) in [4.78, 5) is 11.2. The number of benzene rings is 1. The molecule has 3 heteroatoms. The van der Waals surface area contributed by atoms with Crippen molar-refractivity contribution < 1.29 is 9.90 Å². The van der Waals surface area contributed by atoms with Crippen molar-refractivity contribution in [3.8, 4) is 0 Å².